The van der Waals surface area contributed by atoms with Crippen LogP contribution < -0.4 is 16.0 Å². The largest absolute Gasteiger partial charge is 0.369 e. The van der Waals surface area contributed by atoms with Crippen LogP contribution >= 0.6 is 0 Å². The molecule has 2 rings (SSSR count). The van der Waals surface area contributed by atoms with Crippen molar-refractivity contribution in [1.82, 2.24) is 15.0 Å². The minimum Gasteiger partial charge on any atom is -0.369 e. The highest BCUT2D eigenvalue weighted by Gasteiger charge is 2.06. The second-order valence-electron chi connectivity index (χ2n) is 3.61. The number of aromatic nitrogens is 3. The molecule has 90 valence electrons. The van der Waals surface area contributed by atoms with E-state index < -0.39 is 0 Å². The van der Waals surface area contributed by atoms with E-state index in [9.17, 15) is 0 Å². The molecule has 0 unspecified atom stereocenters. The van der Waals surface area contributed by atoms with E-state index in [-0.39, 0.29) is 0 Å². The quantitative estimate of drug-likeness (QED) is 0.714. The summed E-state index contributed by atoms with van der Waals surface area (Å²) in [6.07, 6.45) is 5.33. The molecule has 0 spiro atoms. The number of hydrogen-bond donors (Lipinski definition) is 3. The predicted molar refractivity (Wildman–Crippen MR) is 68.4 cm³/mol. The topological polar surface area (TPSA) is 82.9 Å². The van der Waals surface area contributed by atoms with E-state index in [0.717, 1.165) is 17.3 Å². The van der Waals surface area contributed by atoms with Crippen LogP contribution in [0.2, 0.25) is 0 Å². The Morgan fingerprint density at radius 1 is 1.47 bits per heavy atom. The van der Waals surface area contributed by atoms with Gasteiger partial charge in [0, 0.05) is 38.6 Å². The minimum atomic E-state index is 0.576. The maximum absolute atomic E-state index is 5.43. The second-order valence-corrected chi connectivity index (χ2v) is 3.61. The van der Waals surface area contributed by atoms with Crippen molar-refractivity contribution in [2.75, 3.05) is 30.4 Å². The Labute approximate surface area is 99.9 Å². The SMILES string of the molecule is CN(c1cc[nH]c1)c1cc(NCCN)ncn1. The first-order valence-electron chi connectivity index (χ1n) is 5.44. The summed E-state index contributed by atoms with van der Waals surface area (Å²) in [6.45, 7) is 1.28. The fourth-order valence-corrected chi connectivity index (χ4v) is 1.48. The Bertz CT molecular complexity index is 453. The zero-order valence-electron chi connectivity index (χ0n) is 9.72. The lowest BCUT2D eigenvalue weighted by molar-refractivity contribution is 0.998. The summed E-state index contributed by atoms with van der Waals surface area (Å²) in [5.41, 5.74) is 6.48. The van der Waals surface area contributed by atoms with Gasteiger partial charge in [-0.25, -0.2) is 9.97 Å². The molecule has 0 bridgehead atoms. The molecule has 0 atom stereocenters. The van der Waals surface area contributed by atoms with E-state index in [2.05, 4.69) is 20.3 Å². The normalized spacial score (nSPS) is 10.2. The minimum absolute atomic E-state index is 0.576. The van der Waals surface area contributed by atoms with Gasteiger partial charge in [0.05, 0.1) is 5.69 Å². The van der Waals surface area contributed by atoms with Gasteiger partial charge in [0.1, 0.15) is 18.0 Å². The molecule has 0 aliphatic carbocycles. The first-order chi connectivity index (χ1) is 8.31. The smallest absolute Gasteiger partial charge is 0.138 e. The Hall–Kier alpha value is -2.08. The molecule has 0 saturated carbocycles. The maximum atomic E-state index is 5.43. The number of rotatable bonds is 5. The van der Waals surface area contributed by atoms with Crippen LogP contribution in [0.4, 0.5) is 17.3 Å². The van der Waals surface area contributed by atoms with Crippen molar-refractivity contribution in [2.45, 2.75) is 0 Å². The molecular weight excluding hydrogens is 216 g/mol. The van der Waals surface area contributed by atoms with Gasteiger partial charge in [0.25, 0.3) is 0 Å². The first-order valence-corrected chi connectivity index (χ1v) is 5.44. The lowest BCUT2D eigenvalue weighted by Crippen LogP contribution is -2.15. The highest BCUT2D eigenvalue weighted by Crippen LogP contribution is 2.21. The number of H-pyrrole nitrogens is 1. The van der Waals surface area contributed by atoms with Crippen LogP contribution in [0.25, 0.3) is 0 Å². The van der Waals surface area contributed by atoms with Gasteiger partial charge in [-0.15, -0.1) is 0 Å². The van der Waals surface area contributed by atoms with Gasteiger partial charge in [0.15, 0.2) is 0 Å². The molecule has 6 heteroatoms. The Morgan fingerprint density at radius 2 is 2.35 bits per heavy atom. The van der Waals surface area contributed by atoms with Gasteiger partial charge in [-0.2, -0.15) is 0 Å². The zero-order valence-corrected chi connectivity index (χ0v) is 9.72. The average Bonchev–Trinajstić information content (AvgIpc) is 2.89. The summed E-state index contributed by atoms with van der Waals surface area (Å²) in [5, 5.41) is 3.12. The number of nitrogens with one attached hydrogen (secondary N) is 2. The number of aromatic amines is 1. The number of hydrogen-bond acceptors (Lipinski definition) is 5. The molecule has 2 aromatic heterocycles. The lowest BCUT2D eigenvalue weighted by Gasteiger charge is -2.16. The maximum Gasteiger partial charge on any atom is 0.138 e. The number of nitrogens with zero attached hydrogens (tertiary/aromatic N) is 3. The van der Waals surface area contributed by atoms with Crippen LogP contribution in [-0.4, -0.2) is 35.1 Å². The van der Waals surface area contributed by atoms with Crippen molar-refractivity contribution < 1.29 is 0 Å². The number of anilines is 3. The summed E-state index contributed by atoms with van der Waals surface area (Å²) in [6, 6.07) is 3.87. The van der Waals surface area contributed by atoms with Crippen LogP contribution in [0.15, 0.2) is 30.9 Å². The van der Waals surface area contributed by atoms with Crippen LogP contribution in [0, 0.1) is 0 Å². The molecule has 6 nitrogen and oxygen atoms in total. The van der Waals surface area contributed by atoms with Crippen LogP contribution in [0.1, 0.15) is 0 Å². The van der Waals surface area contributed by atoms with Crippen molar-refractivity contribution in [3.05, 3.63) is 30.9 Å². The zero-order chi connectivity index (χ0) is 12.1. The highest BCUT2D eigenvalue weighted by molar-refractivity contribution is 5.60. The molecule has 2 aromatic rings. The van der Waals surface area contributed by atoms with Gasteiger partial charge in [-0.05, 0) is 6.07 Å². The summed E-state index contributed by atoms with van der Waals surface area (Å²) >= 11 is 0. The van der Waals surface area contributed by atoms with E-state index >= 15 is 0 Å². The van der Waals surface area contributed by atoms with Crippen LogP contribution in [0.5, 0.6) is 0 Å². The van der Waals surface area contributed by atoms with Crippen LogP contribution in [-0.2, 0) is 0 Å². The highest BCUT2D eigenvalue weighted by atomic mass is 15.2. The van der Waals surface area contributed by atoms with E-state index in [4.69, 9.17) is 5.73 Å². The van der Waals surface area contributed by atoms with Crippen molar-refractivity contribution in [1.29, 1.82) is 0 Å². The van der Waals surface area contributed by atoms with Gasteiger partial charge >= 0.3 is 0 Å². The van der Waals surface area contributed by atoms with Crippen molar-refractivity contribution >= 4 is 17.3 Å². The van der Waals surface area contributed by atoms with Gasteiger partial charge < -0.3 is 20.9 Å². The third kappa shape index (κ3) is 2.73. The molecule has 17 heavy (non-hydrogen) atoms. The van der Waals surface area contributed by atoms with Gasteiger partial charge in [0.2, 0.25) is 0 Å². The Balaban J connectivity index is 2.15. The average molecular weight is 232 g/mol. The third-order valence-corrected chi connectivity index (χ3v) is 2.42. The van der Waals surface area contributed by atoms with Crippen molar-refractivity contribution in [3.8, 4) is 0 Å². The van der Waals surface area contributed by atoms with Crippen molar-refractivity contribution in [2.24, 2.45) is 5.73 Å². The van der Waals surface area contributed by atoms with E-state index in [1.54, 1.807) is 0 Å². The van der Waals surface area contributed by atoms with Gasteiger partial charge in [-0.1, -0.05) is 0 Å². The van der Waals surface area contributed by atoms with Crippen molar-refractivity contribution in [3.63, 3.8) is 0 Å². The molecule has 0 fully saturated rings. The predicted octanol–water partition coefficient (Wildman–Crippen LogP) is 0.943. The molecule has 0 radical (unpaired) electrons. The van der Waals surface area contributed by atoms with Crippen LogP contribution in [0.3, 0.4) is 0 Å². The molecule has 2 heterocycles. The molecular formula is C11H16N6. The fraction of sp³-hybridized carbons (Fsp3) is 0.273. The molecule has 0 amide bonds. The molecule has 0 aliphatic heterocycles. The Kier molecular flexibility index (Phi) is 3.56. The fourth-order valence-electron chi connectivity index (χ4n) is 1.48. The summed E-state index contributed by atoms with van der Waals surface area (Å²) in [5.74, 6) is 1.61. The first kappa shape index (κ1) is 11.4. The van der Waals surface area contributed by atoms with Gasteiger partial charge in [-0.3, -0.25) is 0 Å². The Morgan fingerprint density at radius 3 is 3.06 bits per heavy atom. The summed E-state index contributed by atoms with van der Waals surface area (Å²) in [4.78, 5) is 13.4. The van der Waals surface area contributed by atoms with E-state index in [1.807, 2.05) is 36.5 Å². The molecule has 0 saturated heterocycles. The summed E-state index contributed by atoms with van der Waals surface area (Å²) in [7, 11) is 1.96. The molecule has 4 N–H and O–H groups in total. The summed E-state index contributed by atoms with van der Waals surface area (Å²) < 4.78 is 0. The standard InChI is InChI=1S/C11H16N6/c1-17(9-2-4-13-7-9)11-6-10(14-5-3-12)15-8-16-11/h2,4,6-8,13H,3,5,12H2,1H3,(H,14,15,16). The lowest BCUT2D eigenvalue weighted by atomic mass is 10.4. The molecule has 0 aliphatic rings. The van der Waals surface area contributed by atoms with E-state index in [0.29, 0.717) is 13.1 Å². The monoisotopic (exact) mass is 232 g/mol. The second kappa shape index (κ2) is 5.31. The third-order valence-electron chi connectivity index (χ3n) is 2.42. The number of nitrogens with two attached hydrogens (primary N) is 1. The van der Waals surface area contributed by atoms with E-state index in [1.165, 1.54) is 6.33 Å². The molecule has 0 aromatic carbocycles.